The third-order valence-corrected chi connectivity index (χ3v) is 6.28. The van der Waals surface area contributed by atoms with Crippen LogP contribution in [0, 0.1) is 11.8 Å². The van der Waals surface area contributed by atoms with Gasteiger partial charge in [0.05, 0.1) is 0 Å². The number of benzene rings is 1. The summed E-state index contributed by atoms with van der Waals surface area (Å²) in [5.74, 6) is 1.49. The summed E-state index contributed by atoms with van der Waals surface area (Å²) in [7, 11) is 0. The van der Waals surface area contributed by atoms with E-state index >= 15 is 0 Å². The molecule has 2 bridgehead atoms. The second-order valence-corrected chi connectivity index (χ2v) is 7.15. The van der Waals surface area contributed by atoms with Crippen LogP contribution < -0.4 is 10.1 Å². The van der Waals surface area contributed by atoms with Crippen LogP contribution in [0.4, 0.5) is 0 Å². The minimum Gasteiger partial charge on any atom is -0.504 e. The van der Waals surface area contributed by atoms with Crippen LogP contribution in [0.15, 0.2) is 12.1 Å². The van der Waals surface area contributed by atoms with Gasteiger partial charge in [-0.1, -0.05) is 13.0 Å². The first-order chi connectivity index (χ1) is 10.1. The van der Waals surface area contributed by atoms with E-state index in [1.165, 1.54) is 5.56 Å². The van der Waals surface area contributed by atoms with Crippen LogP contribution in [0.2, 0.25) is 0 Å². The number of ether oxygens (including phenoxy) is 1. The van der Waals surface area contributed by atoms with Crippen molar-refractivity contribution >= 4 is 5.78 Å². The van der Waals surface area contributed by atoms with E-state index in [2.05, 4.69) is 5.32 Å². The monoisotopic (exact) mass is 285 g/mol. The van der Waals surface area contributed by atoms with E-state index in [4.69, 9.17) is 4.74 Å². The van der Waals surface area contributed by atoms with Crippen LogP contribution in [0.3, 0.4) is 0 Å². The number of phenols is 1. The van der Waals surface area contributed by atoms with Crippen molar-refractivity contribution in [1.29, 1.82) is 0 Å². The predicted molar refractivity (Wildman–Crippen MR) is 76.6 cm³/mol. The molecule has 4 nitrogen and oxygen atoms in total. The highest BCUT2D eigenvalue weighted by molar-refractivity contribution is 5.90. The smallest absolute Gasteiger partial charge is 0.177 e. The molecule has 1 spiro atoms. The van der Waals surface area contributed by atoms with Gasteiger partial charge < -0.3 is 15.2 Å². The summed E-state index contributed by atoms with van der Waals surface area (Å²) in [5.41, 5.74) is 2.21. The van der Waals surface area contributed by atoms with Crippen molar-refractivity contribution < 1.29 is 14.6 Å². The quantitative estimate of drug-likeness (QED) is 0.759. The maximum absolute atomic E-state index is 12.7. The first kappa shape index (κ1) is 12.0. The molecule has 0 radical (unpaired) electrons. The van der Waals surface area contributed by atoms with Gasteiger partial charge in [0, 0.05) is 22.9 Å². The van der Waals surface area contributed by atoms with Gasteiger partial charge in [-0.05, 0) is 43.4 Å². The minimum absolute atomic E-state index is 0.0496. The molecule has 1 aromatic carbocycles. The van der Waals surface area contributed by atoms with Gasteiger partial charge in [0.25, 0.3) is 0 Å². The summed E-state index contributed by atoms with van der Waals surface area (Å²) in [5, 5.41) is 13.9. The van der Waals surface area contributed by atoms with Crippen LogP contribution in [-0.4, -0.2) is 29.6 Å². The lowest BCUT2D eigenvalue weighted by molar-refractivity contribution is -0.140. The molecule has 2 aliphatic heterocycles. The lowest BCUT2D eigenvalue weighted by Gasteiger charge is -2.55. The Kier molecular flexibility index (Phi) is 2.07. The van der Waals surface area contributed by atoms with Gasteiger partial charge >= 0.3 is 0 Å². The zero-order chi connectivity index (χ0) is 14.4. The van der Waals surface area contributed by atoms with Gasteiger partial charge in [0.2, 0.25) is 0 Å². The molecule has 110 valence electrons. The minimum atomic E-state index is -0.391. The van der Waals surface area contributed by atoms with E-state index in [0.717, 1.165) is 31.4 Å². The number of phenolic OH excluding ortho intramolecular Hbond substituents is 1. The SMILES string of the molecule is CC1C[C@H]2[C@H]3Cc4ccc(O)c5c4[C@@]2(CCN3)[C@@H](O5)C1=O. The van der Waals surface area contributed by atoms with Crippen molar-refractivity contribution in [3.05, 3.63) is 23.3 Å². The summed E-state index contributed by atoms with van der Waals surface area (Å²) in [6.07, 6.45) is 2.45. The zero-order valence-electron chi connectivity index (χ0n) is 12.1. The number of hydrogen-bond donors (Lipinski definition) is 2. The van der Waals surface area contributed by atoms with Crippen LogP contribution >= 0.6 is 0 Å². The third-order valence-electron chi connectivity index (χ3n) is 6.28. The maximum atomic E-state index is 12.7. The predicted octanol–water partition coefficient (Wildman–Crippen LogP) is 1.53. The number of piperidine rings is 1. The Hall–Kier alpha value is -1.55. The average Bonchev–Trinajstić information content (AvgIpc) is 2.80. The van der Waals surface area contributed by atoms with Crippen molar-refractivity contribution in [2.24, 2.45) is 11.8 Å². The maximum Gasteiger partial charge on any atom is 0.177 e. The Labute approximate surface area is 123 Å². The fourth-order valence-corrected chi connectivity index (χ4v) is 5.45. The molecule has 2 heterocycles. The van der Waals surface area contributed by atoms with Crippen molar-refractivity contribution in [1.82, 2.24) is 5.32 Å². The average molecular weight is 285 g/mol. The fourth-order valence-electron chi connectivity index (χ4n) is 5.45. The van der Waals surface area contributed by atoms with E-state index < -0.39 is 6.10 Å². The Balaban J connectivity index is 1.83. The highest BCUT2D eigenvalue weighted by Gasteiger charge is 2.65. The molecule has 1 saturated carbocycles. The molecule has 5 rings (SSSR count). The number of carbonyl (C=O) groups is 1. The van der Waals surface area contributed by atoms with Gasteiger partial charge in [0.15, 0.2) is 23.4 Å². The standard InChI is InChI=1S/C17H19NO3/c1-8-6-10-11-7-9-2-3-12(19)15-13(9)17(10,4-5-18-11)16(21-15)14(8)20/h2-3,8,10-11,16,18-19H,4-7H2,1H3/t8?,10-,11+,16-,17-/m0/s1. The van der Waals surface area contributed by atoms with E-state index in [1.807, 2.05) is 13.0 Å². The van der Waals surface area contributed by atoms with E-state index in [1.54, 1.807) is 6.07 Å². The second kappa shape index (κ2) is 3.61. The van der Waals surface area contributed by atoms with Crippen LogP contribution in [0.1, 0.15) is 30.9 Å². The largest absolute Gasteiger partial charge is 0.504 e. The highest BCUT2D eigenvalue weighted by atomic mass is 16.5. The lowest BCUT2D eigenvalue weighted by Crippen LogP contribution is -2.66. The Bertz CT molecular complexity index is 670. The molecular weight excluding hydrogens is 266 g/mol. The van der Waals surface area contributed by atoms with Crippen molar-refractivity contribution in [2.45, 2.75) is 43.7 Å². The Morgan fingerprint density at radius 2 is 2.29 bits per heavy atom. The van der Waals surface area contributed by atoms with Crippen LogP contribution in [-0.2, 0) is 16.6 Å². The summed E-state index contributed by atoms with van der Waals surface area (Å²) in [6, 6.07) is 4.16. The first-order valence-electron chi connectivity index (χ1n) is 7.92. The number of rotatable bonds is 0. The molecule has 21 heavy (non-hydrogen) atoms. The van der Waals surface area contributed by atoms with Crippen LogP contribution in [0.5, 0.6) is 11.5 Å². The van der Waals surface area contributed by atoms with Gasteiger partial charge in [-0.3, -0.25) is 4.79 Å². The molecule has 1 saturated heterocycles. The molecule has 2 N–H and O–H groups in total. The fraction of sp³-hybridized carbons (Fsp3) is 0.588. The van der Waals surface area contributed by atoms with Crippen LogP contribution in [0.25, 0.3) is 0 Å². The first-order valence-corrected chi connectivity index (χ1v) is 7.92. The highest BCUT2D eigenvalue weighted by Crippen LogP contribution is 2.62. The summed E-state index contributed by atoms with van der Waals surface area (Å²) in [6.45, 7) is 2.95. The van der Waals surface area contributed by atoms with Gasteiger partial charge in [0.1, 0.15) is 0 Å². The van der Waals surface area contributed by atoms with Gasteiger partial charge in [-0.15, -0.1) is 0 Å². The summed E-state index contributed by atoms with van der Waals surface area (Å²) >= 11 is 0. The van der Waals surface area contributed by atoms with E-state index in [-0.39, 0.29) is 22.9 Å². The number of carbonyl (C=O) groups excluding carboxylic acids is 1. The number of nitrogens with one attached hydrogen (secondary N) is 1. The van der Waals surface area contributed by atoms with E-state index in [0.29, 0.717) is 17.7 Å². The molecule has 5 atom stereocenters. The van der Waals surface area contributed by atoms with Gasteiger partial charge in [-0.25, -0.2) is 0 Å². The number of ketones is 1. The Morgan fingerprint density at radius 1 is 1.43 bits per heavy atom. The Morgan fingerprint density at radius 3 is 3.14 bits per heavy atom. The molecule has 2 aliphatic carbocycles. The molecule has 2 fully saturated rings. The van der Waals surface area contributed by atoms with Crippen molar-refractivity contribution in [3.8, 4) is 11.5 Å². The normalized spacial score (nSPS) is 42.4. The molecule has 1 unspecified atom stereocenters. The number of Topliss-reactive ketones (excluding diaryl/α,β-unsaturated/α-hetero) is 1. The molecule has 0 amide bonds. The molecule has 0 aromatic heterocycles. The number of aromatic hydroxyl groups is 1. The molecule has 4 heteroatoms. The topological polar surface area (TPSA) is 58.6 Å². The lowest BCUT2D eigenvalue weighted by atomic mass is 9.50. The second-order valence-electron chi connectivity index (χ2n) is 7.15. The summed E-state index contributed by atoms with van der Waals surface area (Å²) < 4.78 is 6.06. The van der Waals surface area contributed by atoms with Gasteiger partial charge in [-0.2, -0.15) is 0 Å². The van der Waals surface area contributed by atoms with E-state index in [9.17, 15) is 9.90 Å². The summed E-state index contributed by atoms with van der Waals surface area (Å²) in [4.78, 5) is 12.7. The number of hydrogen-bond acceptors (Lipinski definition) is 4. The third kappa shape index (κ3) is 1.20. The molecule has 1 aromatic rings. The molecular formula is C17H19NO3. The molecule has 4 aliphatic rings. The zero-order valence-corrected chi connectivity index (χ0v) is 12.1. The van der Waals surface area contributed by atoms with Crippen molar-refractivity contribution in [3.63, 3.8) is 0 Å². The van der Waals surface area contributed by atoms with Crippen molar-refractivity contribution in [2.75, 3.05) is 6.54 Å².